The SMILES string of the molecule is Cc1cc(C)c2c(CC(=O)N3CCC(c4nc(-c5ncccn5)no4)C3)coc2c1. The summed E-state index contributed by atoms with van der Waals surface area (Å²) in [6.07, 6.45) is 6.07. The van der Waals surface area contributed by atoms with Gasteiger partial charge in [-0.05, 0) is 43.5 Å². The van der Waals surface area contributed by atoms with Gasteiger partial charge in [-0.1, -0.05) is 11.2 Å². The molecule has 1 unspecified atom stereocenters. The molecule has 8 nitrogen and oxygen atoms in total. The van der Waals surface area contributed by atoms with E-state index in [-0.39, 0.29) is 11.8 Å². The molecule has 8 heteroatoms. The quantitative estimate of drug-likeness (QED) is 0.515. The van der Waals surface area contributed by atoms with Gasteiger partial charge >= 0.3 is 0 Å². The Labute approximate surface area is 172 Å². The molecular formula is C22H21N5O3. The molecule has 1 saturated heterocycles. The van der Waals surface area contributed by atoms with Crippen molar-refractivity contribution in [3.8, 4) is 11.6 Å². The smallest absolute Gasteiger partial charge is 0.240 e. The molecule has 4 aromatic rings. The van der Waals surface area contributed by atoms with Crippen molar-refractivity contribution in [2.45, 2.75) is 32.6 Å². The van der Waals surface area contributed by atoms with Gasteiger partial charge in [-0.3, -0.25) is 4.79 Å². The van der Waals surface area contributed by atoms with Gasteiger partial charge in [0.1, 0.15) is 5.58 Å². The number of aryl methyl sites for hydroxylation is 2. The van der Waals surface area contributed by atoms with E-state index >= 15 is 0 Å². The lowest BCUT2D eigenvalue weighted by Gasteiger charge is -2.15. The average Bonchev–Trinajstić information content (AvgIpc) is 3.48. The van der Waals surface area contributed by atoms with Crippen LogP contribution in [0.2, 0.25) is 0 Å². The molecule has 0 aliphatic carbocycles. The molecule has 0 bridgehead atoms. The molecule has 0 N–H and O–H groups in total. The molecule has 0 spiro atoms. The lowest BCUT2D eigenvalue weighted by Crippen LogP contribution is -2.29. The highest BCUT2D eigenvalue weighted by Crippen LogP contribution is 2.30. The highest BCUT2D eigenvalue weighted by Gasteiger charge is 2.31. The fourth-order valence-electron chi connectivity index (χ4n) is 4.13. The maximum absolute atomic E-state index is 12.9. The van der Waals surface area contributed by atoms with E-state index in [0.717, 1.165) is 34.1 Å². The van der Waals surface area contributed by atoms with Crippen molar-refractivity contribution in [3.63, 3.8) is 0 Å². The predicted molar refractivity (Wildman–Crippen MR) is 109 cm³/mol. The van der Waals surface area contributed by atoms with Crippen LogP contribution in [-0.2, 0) is 11.2 Å². The zero-order chi connectivity index (χ0) is 20.7. The van der Waals surface area contributed by atoms with E-state index in [1.54, 1.807) is 24.7 Å². The lowest BCUT2D eigenvalue weighted by molar-refractivity contribution is -0.129. The number of likely N-dealkylation sites (tertiary alicyclic amines) is 1. The second-order valence-corrected chi connectivity index (χ2v) is 7.75. The van der Waals surface area contributed by atoms with Crippen LogP contribution in [0, 0.1) is 13.8 Å². The second-order valence-electron chi connectivity index (χ2n) is 7.75. The van der Waals surface area contributed by atoms with Crippen LogP contribution in [0.3, 0.4) is 0 Å². The van der Waals surface area contributed by atoms with Crippen LogP contribution in [0.4, 0.5) is 0 Å². The van der Waals surface area contributed by atoms with E-state index in [9.17, 15) is 4.79 Å². The Hall–Kier alpha value is -3.55. The minimum absolute atomic E-state index is 0.0180. The summed E-state index contributed by atoms with van der Waals surface area (Å²) in [5.41, 5.74) is 4.03. The molecule has 1 aliphatic heterocycles. The summed E-state index contributed by atoms with van der Waals surface area (Å²) in [4.78, 5) is 27.5. The molecule has 1 aliphatic rings. The number of carbonyl (C=O) groups excluding carboxylic acids is 1. The maximum Gasteiger partial charge on any atom is 0.240 e. The third-order valence-corrected chi connectivity index (χ3v) is 5.53. The number of aromatic nitrogens is 4. The van der Waals surface area contributed by atoms with Gasteiger partial charge in [-0.15, -0.1) is 0 Å². The van der Waals surface area contributed by atoms with Crippen LogP contribution < -0.4 is 0 Å². The molecule has 3 aromatic heterocycles. The fraction of sp³-hybridized carbons (Fsp3) is 0.318. The summed E-state index contributed by atoms with van der Waals surface area (Å²) < 4.78 is 11.1. The van der Waals surface area contributed by atoms with Gasteiger partial charge in [0.25, 0.3) is 0 Å². The molecule has 30 heavy (non-hydrogen) atoms. The number of rotatable bonds is 4. The van der Waals surface area contributed by atoms with Crippen LogP contribution in [0.5, 0.6) is 0 Å². The molecule has 1 atom stereocenters. The van der Waals surface area contributed by atoms with Crippen LogP contribution in [0.25, 0.3) is 22.6 Å². The van der Waals surface area contributed by atoms with Crippen molar-refractivity contribution in [2.24, 2.45) is 0 Å². The molecule has 1 fully saturated rings. The Kier molecular flexibility index (Phi) is 4.54. The first-order valence-corrected chi connectivity index (χ1v) is 9.94. The summed E-state index contributed by atoms with van der Waals surface area (Å²) in [5.74, 6) is 1.41. The Bertz CT molecular complexity index is 1210. The summed E-state index contributed by atoms with van der Waals surface area (Å²) in [6, 6.07) is 5.85. The van der Waals surface area contributed by atoms with E-state index < -0.39 is 0 Å². The number of nitrogens with zero attached hydrogens (tertiary/aromatic N) is 5. The minimum atomic E-state index is 0.0180. The monoisotopic (exact) mass is 403 g/mol. The summed E-state index contributed by atoms with van der Waals surface area (Å²) in [7, 11) is 0. The largest absolute Gasteiger partial charge is 0.464 e. The summed E-state index contributed by atoms with van der Waals surface area (Å²) in [6.45, 7) is 5.31. The first-order valence-electron chi connectivity index (χ1n) is 9.94. The number of amides is 1. The Balaban J connectivity index is 1.28. The van der Waals surface area contributed by atoms with Crippen molar-refractivity contribution in [3.05, 3.63) is 59.4 Å². The van der Waals surface area contributed by atoms with Gasteiger partial charge < -0.3 is 13.8 Å². The van der Waals surface area contributed by atoms with Gasteiger partial charge in [0.05, 0.1) is 18.6 Å². The maximum atomic E-state index is 12.9. The van der Waals surface area contributed by atoms with Gasteiger partial charge in [0.2, 0.25) is 23.4 Å². The van der Waals surface area contributed by atoms with Gasteiger partial charge in [-0.2, -0.15) is 4.98 Å². The lowest BCUT2D eigenvalue weighted by atomic mass is 10.0. The predicted octanol–water partition coefficient (Wildman–Crippen LogP) is 3.45. The van der Waals surface area contributed by atoms with Crippen molar-refractivity contribution in [2.75, 3.05) is 13.1 Å². The first kappa shape index (κ1) is 18.5. The van der Waals surface area contributed by atoms with Crippen molar-refractivity contribution < 1.29 is 13.7 Å². The number of carbonyl (C=O) groups is 1. The molecule has 1 aromatic carbocycles. The van der Waals surface area contributed by atoms with Crippen molar-refractivity contribution >= 4 is 16.9 Å². The highest BCUT2D eigenvalue weighted by molar-refractivity contribution is 5.90. The minimum Gasteiger partial charge on any atom is -0.464 e. The molecular weight excluding hydrogens is 382 g/mol. The third kappa shape index (κ3) is 3.34. The highest BCUT2D eigenvalue weighted by atomic mass is 16.5. The Morgan fingerprint density at radius 1 is 1.20 bits per heavy atom. The number of hydrogen-bond acceptors (Lipinski definition) is 7. The number of hydrogen-bond donors (Lipinski definition) is 0. The second kappa shape index (κ2) is 7.37. The van der Waals surface area contributed by atoms with E-state index in [1.165, 1.54) is 0 Å². The van der Waals surface area contributed by atoms with E-state index in [1.807, 2.05) is 24.8 Å². The van der Waals surface area contributed by atoms with E-state index in [0.29, 0.717) is 37.0 Å². The summed E-state index contributed by atoms with van der Waals surface area (Å²) >= 11 is 0. The van der Waals surface area contributed by atoms with Crippen molar-refractivity contribution in [1.29, 1.82) is 0 Å². The molecule has 5 rings (SSSR count). The molecule has 4 heterocycles. The fourth-order valence-corrected chi connectivity index (χ4v) is 4.13. The zero-order valence-electron chi connectivity index (χ0n) is 16.8. The van der Waals surface area contributed by atoms with Crippen molar-refractivity contribution in [1.82, 2.24) is 25.0 Å². The third-order valence-electron chi connectivity index (χ3n) is 5.53. The number of furan rings is 1. The van der Waals surface area contributed by atoms with Gasteiger partial charge in [-0.25, -0.2) is 9.97 Å². The summed E-state index contributed by atoms with van der Waals surface area (Å²) in [5, 5.41) is 5.02. The molecule has 152 valence electrons. The van der Waals surface area contributed by atoms with Crippen LogP contribution >= 0.6 is 0 Å². The first-order chi connectivity index (χ1) is 14.6. The topological polar surface area (TPSA) is 98.2 Å². The zero-order valence-corrected chi connectivity index (χ0v) is 16.8. The van der Waals surface area contributed by atoms with Crippen LogP contribution in [0.15, 0.2) is 45.8 Å². The Morgan fingerprint density at radius 2 is 2.03 bits per heavy atom. The number of benzene rings is 1. The average molecular weight is 403 g/mol. The number of fused-ring (bicyclic) bond motifs is 1. The Morgan fingerprint density at radius 3 is 2.87 bits per heavy atom. The van der Waals surface area contributed by atoms with E-state index in [2.05, 4.69) is 26.2 Å². The van der Waals surface area contributed by atoms with Crippen LogP contribution in [0.1, 0.15) is 34.9 Å². The van der Waals surface area contributed by atoms with Gasteiger partial charge in [0.15, 0.2) is 0 Å². The molecule has 1 amide bonds. The standard InChI is InChI=1S/C22H21N5O3/c1-13-8-14(2)19-16(12-29-17(19)9-13)10-18(28)27-7-4-15(11-27)22-25-21(26-30-22)20-23-5-3-6-24-20/h3,5-6,8-9,12,15H,4,7,10-11H2,1-2H3. The molecule has 0 radical (unpaired) electrons. The van der Waals surface area contributed by atoms with Crippen LogP contribution in [-0.4, -0.2) is 44.0 Å². The van der Waals surface area contributed by atoms with Gasteiger partial charge in [0, 0.05) is 36.4 Å². The van der Waals surface area contributed by atoms with E-state index in [4.69, 9.17) is 8.94 Å². The normalized spacial score (nSPS) is 16.5. The molecule has 0 saturated carbocycles.